The maximum atomic E-state index is 6.09. The molecule has 0 amide bonds. The van der Waals surface area contributed by atoms with Crippen molar-refractivity contribution in [3.63, 3.8) is 0 Å². The summed E-state index contributed by atoms with van der Waals surface area (Å²) in [5.41, 5.74) is 1.96. The van der Waals surface area contributed by atoms with Crippen LogP contribution in [0.3, 0.4) is 0 Å². The molecule has 0 radical (unpaired) electrons. The van der Waals surface area contributed by atoms with Gasteiger partial charge in [0.25, 0.3) is 0 Å². The fraction of sp³-hybridized carbons (Fsp3) is 0.700. The molecule has 124 valence electrons. The van der Waals surface area contributed by atoms with Gasteiger partial charge in [-0.1, -0.05) is 51.1 Å². The van der Waals surface area contributed by atoms with Crippen molar-refractivity contribution in [2.45, 2.75) is 65.5 Å². The molecule has 0 saturated carbocycles. The van der Waals surface area contributed by atoms with E-state index in [0.29, 0.717) is 5.41 Å². The zero-order valence-electron chi connectivity index (χ0n) is 14.9. The Morgan fingerprint density at radius 1 is 1.23 bits per heavy atom. The zero-order chi connectivity index (χ0) is 16.1. The molecule has 2 atom stereocenters. The summed E-state index contributed by atoms with van der Waals surface area (Å²) in [5.74, 6) is 0.729. The van der Waals surface area contributed by atoms with Crippen LogP contribution in [0.25, 0.3) is 0 Å². The van der Waals surface area contributed by atoms with Crippen molar-refractivity contribution in [1.82, 2.24) is 0 Å². The summed E-state index contributed by atoms with van der Waals surface area (Å²) >= 11 is 0. The van der Waals surface area contributed by atoms with Crippen LogP contribution >= 0.6 is 0 Å². The first kappa shape index (κ1) is 17.5. The third kappa shape index (κ3) is 4.33. The van der Waals surface area contributed by atoms with E-state index in [0.717, 1.165) is 25.5 Å². The molecule has 2 rings (SSSR count). The normalized spacial score (nSPS) is 29.0. The third-order valence-electron chi connectivity index (χ3n) is 5.82. The highest BCUT2D eigenvalue weighted by Gasteiger charge is 2.44. The van der Waals surface area contributed by atoms with E-state index in [1.54, 1.807) is 0 Å². The molecule has 1 heterocycles. The number of benzene rings is 1. The lowest BCUT2D eigenvalue weighted by Gasteiger charge is -2.48. The lowest BCUT2D eigenvalue weighted by Crippen LogP contribution is -2.83. The van der Waals surface area contributed by atoms with Gasteiger partial charge in [-0.2, -0.15) is 0 Å². The van der Waals surface area contributed by atoms with E-state index in [-0.39, 0.29) is 5.60 Å². The Kier molecular flexibility index (Phi) is 6.05. The van der Waals surface area contributed by atoms with Gasteiger partial charge in [-0.15, -0.1) is 0 Å². The average Bonchev–Trinajstić information content (AvgIpc) is 2.52. The Hall–Kier alpha value is -0.860. The minimum Gasteiger partial charge on any atom is -0.375 e. The van der Waals surface area contributed by atoms with Gasteiger partial charge in [-0.3, -0.25) is 0 Å². The van der Waals surface area contributed by atoms with Crippen molar-refractivity contribution in [3.8, 4) is 0 Å². The molecule has 1 aromatic rings. The molecule has 0 spiro atoms. The summed E-state index contributed by atoms with van der Waals surface area (Å²) in [4.78, 5) is 0. The Bertz CT molecular complexity index is 444. The molecule has 1 fully saturated rings. The van der Waals surface area contributed by atoms with Crippen LogP contribution in [-0.2, 0) is 11.3 Å². The minimum atomic E-state index is 0.0853. The fourth-order valence-electron chi connectivity index (χ4n) is 3.88. The molecule has 0 unspecified atom stereocenters. The van der Waals surface area contributed by atoms with Crippen molar-refractivity contribution in [2.24, 2.45) is 11.3 Å². The number of quaternary nitrogens is 1. The molecule has 0 aromatic heterocycles. The van der Waals surface area contributed by atoms with E-state index < -0.39 is 0 Å². The van der Waals surface area contributed by atoms with E-state index in [2.05, 4.69) is 63.3 Å². The summed E-state index contributed by atoms with van der Waals surface area (Å²) in [6.07, 6.45) is 4.86. The minimum absolute atomic E-state index is 0.0853. The highest BCUT2D eigenvalue weighted by Crippen LogP contribution is 2.47. The van der Waals surface area contributed by atoms with E-state index in [9.17, 15) is 0 Å². The first-order valence-corrected chi connectivity index (χ1v) is 8.99. The van der Waals surface area contributed by atoms with Crippen LogP contribution in [0, 0.1) is 11.3 Å². The molecule has 0 aliphatic carbocycles. The maximum Gasteiger partial charge on any atom is 0.101 e. The van der Waals surface area contributed by atoms with Gasteiger partial charge in [0, 0.05) is 18.6 Å². The van der Waals surface area contributed by atoms with Crippen LogP contribution in [0.5, 0.6) is 0 Å². The quantitative estimate of drug-likeness (QED) is 0.763. The van der Waals surface area contributed by atoms with Gasteiger partial charge in [-0.25, -0.2) is 0 Å². The lowest BCUT2D eigenvalue weighted by molar-refractivity contribution is -0.672. The zero-order valence-corrected chi connectivity index (χ0v) is 14.9. The van der Waals surface area contributed by atoms with Crippen LogP contribution in [0.2, 0.25) is 0 Å². The van der Waals surface area contributed by atoms with Crippen LogP contribution < -0.4 is 5.32 Å². The molecule has 2 N–H and O–H groups in total. The average molecular weight is 304 g/mol. The van der Waals surface area contributed by atoms with Gasteiger partial charge < -0.3 is 10.1 Å². The molecule has 0 bridgehead atoms. The largest absolute Gasteiger partial charge is 0.375 e. The van der Waals surface area contributed by atoms with Gasteiger partial charge in [0.2, 0.25) is 0 Å². The molecule has 1 saturated heterocycles. The molecule has 1 aromatic carbocycles. The second kappa shape index (κ2) is 7.61. The fourth-order valence-corrected chi connectivity index (χ4v) is 3.88. The second-order valence-corrected chi connectivity index (χ2v) is 7.61. The Balaban J connectivity index is 1.89. The highest BCUT2D eigenvalue weighted by molar-refractivity contribution is 5.12. The SMILES string of the molecule is CC[C@@]1(C)C[C@@](CC[NH2+]Cc2ccccc2)(C(C)C)CCO1. The standard InChI is InChI=1S/C20H33NO/c1-5-19(4)16-20(17(2)3,12-14-22-19)11-13-21-15-18-9-7-6-8-10-18/h6-10,17,21H,5,11-16H2,1-4H3/p+1/t19-,20-/m0/s1. The summed E-state index contributed by atoms with van der Waals surface area (Å²) in [6.45, 7) is 12.6. The number of hydrogen-bond acceptors (Lipinski definition) is 1. The predicted octanol–water partition coefficient (Wildman–Crippen LogP) is 3.76. The Labute approximate surface area is 136 Å². The second-order valence-electron chi connectivity index (χ2n) is 7.61. The summed E-state index contributed by atoms with van der Waals surface area (Å²) in [6, 6.07) is 10.8. The predicted molar refractivity (Wildman–Crippen MR) is 92.7 cm³/mol. The van der Waals surface area contributed by atoms with Crippen molar-refractivity contribution >= 4 is 0 Å². The van der Waals surface area contributed by atoms with Crippen molar-refractivity contribution in [2.75, 3.05) is 13.2 Å². The Morgan fingerprint density at radius 2 is 1.95 bits per heavy atom. The van der Waals surface area contributed by atoms with E-state index in [1.165, 1.54) is 31.4 Å². The summed E-state index contributed by atoms with van der Waals surface area (Å²) in [5, 5.41) is 2.47. The van der Waals surface area contributed by atoms with E-state index in [4.69, 9.17) is 4.74 Å². The molecule has 2 nitrogen and oxygen atoms in total. The topological polar surface area (TPSA) is 25.8 Å². The first-order valence-electron chi connectivity index (χ1n) is 8.99. The molecule has 2 heteroatoms. The third-order valence-corrected chi connectivity index (χ3v) is 5.82. The monoisotopic (exact) mass is 304 g/mol. The molecule has 1 aliphatic rings. The number of rotatable bonds is 7. The van der Waals surface area contributed by atoms with Gasteiger partial charge in [0.15, 0.2) is 0 Å². The van der Waals surface area contributed by atoms with Gasteiger partial charge in [0.1, 0.15) is 6.54 Å². The van der Waals surface area contributed by atoms with Crippen molar-refractivity contribution < 1.29 is 10.1 Å². The molecular weight excluding hydrogens is 270 g/mol. The summed E-state index contributed by atoms with van der Waals surface area (Å²) < 4.78 is 6.09. The van der Waals surface area contributed by atoms with Gasteiger partial charge >= 0.3 is 0 Å². The van der Waals surface area contributed by atoms with Crippen LogP contribution in [0.1, 0.15) is 58.9 Å². The van der Waals surface area contributed by atoms with Crippen LogP contribution in [0.15, 0.2) is 30.3 Å². The van der Waals surface area contributed by atoms with Crippen molar-refractivity contribution in [3.05, 3.63) is 35.9 Å². The molecular formula is C20H34NO+. The number of hydrogen-bond donors (Lipinski definition) is 1. The van der Waals surface area contributed by atoms with Crippen molar-refractivity contribution in [1.29, 1.82) is 0 Å². The first-order chi connectivity index (χ1) is 10.5. The van der Waals surface area contributed by atoms with Crippen LogP contribution in [-0.4, -0.2) is 18.8 Å². The summed E-state index contributed by atoms with van der Waals surface area (Å²) in [7, 11) is 0. The smallest absolute Gasteiger partial charge is 0.101 e. The molecule has 1 aliphatic heterocycles. The maximum absolute atomic E-state index is 6.09. The number of ether oxygens (including phenoxy) is 1. The van der Waals surface area contributed by atoms with Gasteiger partial charge in [0.05, 0.1) is 12.1 Å². The Morgan fingerprint density at radius 3 is 2.59 bits per heavy atom. The van der Waals surface area contributed by atoms with E-state index in [1.807, 2.05) is 0 Å². The lowest BCUT2D eigenvalue weighted by atomic mass is 9.64. The highest BCUT2D eigenvalue weighted by atomic mass is 16.5. The number of nitrogens with two attached hydrogens (primary N) is 1. The molecule has 22 heavy (non-hydrogen) atoms. The van der Waals surface area contributed by atoms with E-state index >= 15 is 0 Å². The van der Waals surface area contributed by atoms with Gasteiger partial charge in [-0.05, 0) is 37.5 Å². The van der Waals surface area contributed by atoms with Crippen LogP contribution in [0.4, 0.5) is 0 Å².